The van der Waals surface area contributed by atoms with E-state index in [0.717, 1.165) is 57.8 Å². The van der Waals surface area contributed by atoms with Crippen LogP contribution in [0, 0.1) is 0 Å². The summed E-state index contributed by atoms with van der Waals surface area (Å²) in [7, 11) is 0. The van der Waals surface area contributed by atoms with Crippen LogP contribution >= 0.6 is 0 Å². The summed E-state index contributed by atoms with van der Waals surface area (Å²) >= 11 is 0. The van der Waals surface area contributed by atoms with Crippen LogP contribution in [-0.2, 0) is 14.3 Å². The van der Waals surface area contributed by atoms with Gasteiger partial charge in [-0.05, 0) is 57.8 Å². The van der Waals surface area contributed by atoms with Crippen LogP contribution in [0.15, 0.2) is 24.3 Å². The number of hydrogen-bond acceptors (Lipinski definition) is 5. The number of amides is 1. The van der Waals surface area contributed by atoms with Crippen molar-refractivity contribution in [3.8, 4) is 0 Å². The number of rotatable bonds is 45. The molecular formula is C50H95NO5. The summed E-state index contributed by atoms with van der Waals surface area (Å²) in [5.74, 6) is -0.0936. The zero-order valence-electron chi connectivity index (χ0n) is 37.4. The number of hydrogen-bond donors (Lipinski definition) is 3. The van der Waals surface area contributed by atoms with Gasteiger partial charge in [0, 0.05) is 12.8 Å². The van der Waals surface area contributed by atoms with Gasteiger partial charge in [0.05, 0.1) is 25.4 Å². The van der Waals surface area contributed by atoms with E-state index in [9.17, 15) is 19.8 Å². The molecule has 330 valence electrons. The average Bonchev–Trinajstić information content (AvgIpc) is 3.20. The van der Waals surface area contributed by atoms with E-state index in [1.54, 1.807) is 6.08 Å². The molecule has 0 aromatic heterocycles. The van der Waals surface area contributed by atoms with Crippen LogP contribution in [0.3, 0.4) is 0 Å². The number of nitrogens with one attached hydrogen (secondary N) is 1. The molecule has 3 N–H and O–H groups in total. The lowest BCUT2D eigenvalue weighted by atomic mass is 10.0. The zero-order valence-corrected chi connectivity index (χ0v) is 37.4. The minimum absolute atomic E-state index is 0.0117. The molecule has 6 nitrogen and oxygen atoms in total. The number of allylic oxidation sites excluding steroid dienone is 3. The highest BCUT2D eigenvalue weighted by atomic mass is 16.5. The summed E-state index contributed by atoms with van der Waals surface area (Å²) in [5, 5.41) is 22.9. The smallest absolute Gasteiger partial charge is 0.305 e. The molecule has 0 fully saturated rings. The molecule has 0 aliphatic carbocycles. The molecule has 2 unspecified atom stereocenters. The molecule has 2 atom stereocenters. The Labute approximate surface area is 348 Å². The van der Waals surface area contributed by atoms with Crippen LogP contribution < -0.4 is 5.32 Å². The molecule has 0 aliphatic heterocycles. The predicted octanol–water partition coefficient (Wildman–Crippen LogP) is 14.3. The quantitative estimate of drug-likeness (QED) is 0.0324. The van der Waals surface area contributed by atoms with Crippen molar-refractivity contribution < 1.29 is 24.5 Å². The van der Waals surface area contributed by atoms with Gasteiger partial charge in [-0.2, -0.15) is 0 Å². The van der Waals surface area contributed by atoms with Crippen molar-refractivity contribution in [3.63, 3.8) is 0 Å². The first-order valence-corrected chi connectivity index (χ1v) is 24.6. The number of carbonyl (C=O) groups is 2. The molecule has 0 rings (SSSR count). The molecule has 0 aromatic rings. The highest BCUT2D eigenvalue weighted by molar-refractivity contribution is 5.76. The maximum Gasteiger partial charge on any atom is 0.305 e. The van der Waals surface area contributed by atoms with Crippen molar-refractivity contribution in [1.82, 2.24) is 5.32 Å². The van der Waals surface area contributed by atoms with Crippen molar-refractivity contribution in [1.29, 1.82) is 0 Å². The van der Waals surface area contributed by atoms with E-state index in [1.165, 1.54) is 173 Å². The van der Waals surface area contributed by atoms with Gasteiger partial charge in [-0.25, -0.2) is 0 Å². The molecule has 0 aromatic carbocycles. The van der Waals surface area contributed by atoms with Crippen LogP contribution in [0.2, 0.25) is 0 Å². The fourth-order valence-corrected chi connectivity index (χ4v) is 7.39. The van der Waals surface area contributed by atoms with Crippen molar-refractivity contribution in [2.75, 3.05) is 13.2 Å². The summed E-state index contributed by atoms with van der Waals surface area (Å²) in [4.78, 5) is 24.4. The molecular weight excluding hydrogens is 695 g/mol. The number of aliphatic hydroxyl groups excluding tert-OH is 2. The lowest BCUT2D eigenvalue weighted by molar-refractivity contribution is -0.143. The zero-order chi connectivity index (χ0) is 40.8. The third kappa shape index (κ3) is 42.0. The van der Waals surface area contributed by atoms with Gasteiger partial charge in [-0.1, -0.05) is 212 Å². The van der Waals surface area contributed by atoms with E-state index in [0.29, 0.717) is 19.4 Å². The Balaban J connectivity index is 3.44. The third-order valence-electron chi connectivity index (χ3n) is 11.2. The van der Waals surface area contributed by atoms with Crippen molar-refractivity contribution >= 4 is 11.9 Å². The Bertz CT molecular complexity index is 874. The van der Waals surface area contributed by atoms with Crippen LogP contribution in [0.25, 0.3) is 0 Å². The minimum Gasteiger partial charge on any atom is -0.466 e. The van der Waals surface area contributed by atoms with Crippen molar-refractivity contribution in [2.24, 2.45) is 0 Å². The summed E-state index contributed by atoms with van der Waals surface area (Å²) in [6.07, 6.45) is 53.2. The van der Waals surface area contributed by atoms with E-state index in [-0.39, 0.29) is 18.5 Å². The average molecular weight is 790 g/mol. The van der Waals surface area contributed by atoms with E-state index in [2.05, 4.69) is 31.3 Å². The SMILES string of the molecule is CCCCCCCCC/C=C\CCCCCCCC(=O)OCCCCCCCCCCCCCCCCC(=O)NC(CO)C(O)/C=C/CCCCCCCCC. The fraction of sp³-hybridized carbons (Fsp3) is 0.880. The first-order chi connectivity index (χ1) is 27.5. The Morgan fingerprint density at radius 2 is 0.839 bits per heavy atom. The lowest BCUT2D eigenvalue weighted by Gasteiger charge is -2.20. The Morgan fingerprint density at radius 3 is 1.27 bits per heavy atom. The number of aliphatic hydroxyl groups is 2. The topological polar surface area (TPSA) is 95.9 Å². The third-order valence-corrected chi connectivity index (χ3v) is 11.2. The fourth-order valence-electron chi connectivity index (χ4n) is 7.39. The van der Waals surface area contributed by atoms with Gasteiger partial charge in [0.2, 0.25) is 5.91 Å². The van der Waals surface area contributed by atoms with Gasteiger partial charge in [0.25, 0.3) is 0 Å². The van der Waals surface area contributed by atoms with Gasteiger partial charge >= 0.3 is 5.97 Å². The van der Waals surface area contributed by atoms with Gasteiger partial charge in [-0.3, -0.25) is 9.59 Å². The van der Waals surface area contributed by atoms with E-state index in [4.69, 9.17) is 4.74 Å². The lowest BCUT2D eigenvalue weighted by Crippen LogP contribution is -2.45. The number of esters is 1. The molecule has 0 aliphatic rings. The van der Waals surface area contributed by atoms with Crippen molar-refractivity contribution in [3.05, 3.63) is 24.3 Å². The minimum atomic E-state index is -0.849. The van der Waals surface area contributed by atoms with Crippen LogP contribution in [0.1, 0.15) is 258 Å². The Kier molecular flexibility index (Phi) is 44.7. The highest BCUT2D eigenvalue weighted by Gasteiger charge is 2.18. The molecule has 0 heterocycles. The number of ether oxygens (including phenoxy) is 1. The van der Waals surface area contributed by atoms with Crippen LogP contribution in [0.5, 0.6) is 0 Å². The first kappa shape index (κ1) is 54.3. The monoisotopic (exact) mass is 790 g/mol. The Hall–Kier alpha value is -1.66. The maximum atomic E-state index is 12.3. The van der Waals surface area contributed by atoms with Gasteiger partial charge in [0.1, 0.15) is 0 Å². The summed E-state index contributed by atoms with van der Waals surface area (Å²) in [5.41, 5.74) is 0. The standard InChI is InChI=1S/C50H95NO5/c1-3-5-7-9-11-13-14-15-16-17-21-24-28-32-36-40-44-50(55)56-45-41-37-33-29-25-22-19-18-20-23-27-31-35-39-43-49(54)51-47(46-52)48(53)42-38-34-30-26-12-10-8-6-4-2/h16-17,38,42,47-48,52-53H,3-15,18-37,39-41,43-46H2,1-2H3,(H,51,54)/b17-16-,42-38+. The molecule has 0 radical (unpaired) electrons. The van der Waals surface area contributed by atoms with Crippen LogP contribution in [-0.4, -0.2) is 47.4 Å². The second-order valence-corrected chi connectivity index (χ2v) is 16.8. The van der Waals surface area contributed by atoms with E-state index in [1.807, 2.05) is 6.08 Å². The normalized spacial score (nSPS) is 12.9. The van der Waals surface area contributed by atoms with Crippen molar-refractivity contribution in [2.45, 2.75) is 270 Å². The molecule has 56 heavy (non-hydrogen) atoms. The molecule has 6 heteroatoms. The van der Waals surface area contributed by atoms with E-state index >= 15 is 0 Å². The van der Waals surface area contributed by atoms with Gasteiger partial charge < -0.3 is 20.3 Å². The molecule has 0 spiro atoms. The number of carbonyl (C=O) groups excluding carboxylic acids is 2. The van der Waals surface area contributed by atoms with Gasteiger partial charge in [0.15, 0.2) is 0 Å². The second-order valence-electron chi connectivity index (χ2n) is 16.8. The summed E-state index contributed by atoms with van der Waals surface area (Å²) < 4.78 is 5.46. The first-order valence-electron chi connectivity index (χ1n) is 24.6. The number of unbranched alkanes of at least 4 members (excludes halogenated alkanes) is 32. The largest absolute Gasteiger partial charge is 0.466 e. The van der Waals surface area contributed by atoms with Gasteiger partial charge in [-0.15, -0.1) is 0 Å². The molecule has 1 amide bonds. The second kappa shape index (κ2) is 46.0. The summed E-state index contributed by atoms with van der Waals surface area (Å²) in [6, 6.07) is -0.633. The summed E-state index contributed by atoms with van der Waals surface area (Å²) in [6.45, 7) is 4.84. The Morgan fingerprint density at radius 1 is 0.482 bits per heavy atom. The molecule has 0 saturated heterocycles. The van der Waals surface area contributed by atoms with E-state index < -0.39 is 12.1 Å². The van der Waals surface area contributed by atoms with Crippen LogP contribution in [0.4, 0.5) is 0 Å². The molecule has 0 saturated carbocycles. The highest BCUT2D eigenvalue weighted by Crippen LogP contribution is 2.15. The molecule has 0 bridgehead atoms. The maximum absolute atomic E-state index is 12.3. The predicted molar refractivity (Wildman–Crippen MR) is 241 cm³/mol.